The maximum atomic E-state index is 15.4. The van der Waals surface area contributed by atoms with Crippen LogP contribution in [0.4, 0.5) is 56.1 Å². The second-order valence-electron chi connectivity index (χ2n) is 23.4. The summed E-state index contributed by atoms with van der Waals surface area (Å²) >= 11 is 0. The Morgan fingerprint density at radius 3 is 1.31 bits per heavy atom. The number of nitrogens with one attached hydrogen (secondary N) is 2. The van der Waals surface area contributed by atoms with Gasteiger partial charge < -0.3 is 59.4 Å². The summed E-state index contributed by atoms with van der Waals surface area (Å²) in [5.41, 5.74) is 3.78. The minimum absolute atomic E-state index is 0.0325. The molecule has 4 amide bonds. The molecular weight excluding hydrogens is 1060 g/mol. The van der Waals surface area contributed by atoms with Gasteiger partial charge in [0.05, 0.1) is 112 Å². The summed E-state index contributed by atoms with van der Waals surface area (Å²) in [6.45, 7) is 15.2. The number of aliphatic hydroxyl groups is 2. The van der Waals surface area contributed by atoms with Crippen molar-refractivity contribution in [2.45, 2.75) is 121 Å². The van der Waals surface area contributed by atoms with Gasteiger partial charge in [-0.2, -0.15) is 39.9 Å². The molecule has 2 aromatic heterocycles. The van der Waals surface area contributed by atoms with E-state index in [9.17, 15) is 10.2 Å². The molecule has 6 saturated heterocycles. The fourth-order valence-electron chi connectivity index (χ4n) is 12.2. The van der Waals surface area contributed by atoms with E-state index in [1.54, 1.807) is 69.3 Å². The number of ether oxygens (including phenoxy) is 4. The van der Waals surface area contributed by atoms with Crippen molar-refractivity contribution in [3.05, 3.63) is 108 Å². The van der Waals surface area contributed by atoms with Crippen LogP contribution in [0.5, 0.6) is 0 Å². The van der Waals surface area contributed by atoms with Gasteiger partial charge in [0.15, 0.2) is 11.6 Å². The standard InChI is InChI=1S/C61H74N14O8/c1-38-32-80-28-26-70(38)55-64-53(66-57(68-55)72-49-22-23-50(72)35-82-34-49)43-10-18-47(19-11-43)74(59(77)62-45-14-6-41(7-15-45)30-40(3)76)75(60(78)63-46-16-8-42(9-17-46)31-61(4,5)79)48-20-12-44(13-21-48)54-65-56(71-27-29-81-33-39(71)2)69-58(67-54)73-51-24-25-52(73)37-83-36-51/h6-21,38-40,49-52,76,79H,22-37H2,1-5H3,(H,62,77)(H,63,78). The number of morpholine rings is 4. The average Bonchev–Trinajstić information content (AvgIpc) is 3.95. The van der Waals surface area contributed by atoms with Crippen molar-refractivity contribution in [2.24, 2.45) is 0 Å². The van der Waals surface area contributed by atoms with Gasteiger partial charge in [0.2, 0.25) is 23.8 Å². The molecule has 83 heavy (non-hydrogen) atoms. The monoisotopic (exact) mass is 1130 g/mol. The highest BCUT2D eigenvalue weighted by molar-refractivity contribution is 6.13. The number of hydrazine groups is 1. The Labute approximate surface area is 483 Å². The summed E-state index contributed by atoms with van der Waals surface area (Å²) in [5, 5.41) is 29.5. The molecule has 0 spiro atoms. The van der Waals surface area contributed by atoms with Gasteiger partial charge in [0.1, 0.15) is 0 Å². The predicted molar refractivity (Wildman–Crippen MR) is 317 cm³/mol. The van der Waals surface area contributed by atoms with E-state index < -0.39 is 23.8 Å². The molecule has 8 heterocycles. The van der Waals surface area contributed by atoms with E-state index >= 15 is 9.59 Å². The molecule has 22 nitrogen and oxygen atoms in total. The van der Waals surface area contributed by atoms with Gasteiger partial charge in [-0.1, -0.05) is 24.3 Å². The van der Waals surface area contributed by atoms with Crippen LogP contribution in [0.1, 0.15) is 71.4 Å². The Hall–Kier alpha value is -7.60. The number of carbonyl (C=O) groups excluding carboxylic acids is 2. The second kappa shape index (κ2) is 23.9. The Bertz CT molecular complexity index is 3210. The maximum Gasteiger partial charge on any atom is 0.345 e. The first-order valence-electron chi connectivity index (χ1n) is 29.1. The third-order valence-electron chi connectivity index (χ3n) is 16.3. The van der Waals surface area contributed by atoms with Crippen molar-refractivity contribution in [1.82, 2.24) is 29.9 Å². The van der Waals surface area contributed by atoms with E-state index in [0.717, 1.165) is 36.8 Å². The van der Waals surface area contributed by atoms with Gasteiger partial charge in [0.25, 0.3) is 0 Å². The molecule has 0 radical (unpaired) electrons. The molecule has 4 N–H and O–H groups in total. The maximum absolute atomic E-state index is 15.4. The minimum Gasteiger partial charge on any atom is -0.393 e. The Balaban J connectivity index is 0.946. The Morgan fingerprint density at radius 1 is 0.554 bits per heavy atom. The van der Waals surface area contributed by atoms with Crippen molar-refractivity contribution in [3.8, 4) is 22.8 Å². The molecule has 6 aliphatic heterocycles. The molecule has 7 unspecified atom stereocenters. The van der Waals surface area contributed by atoms with Gasteiger partial charge in [-0.15, -0.1) is 0 Å². The molecule has 436 valence electrons. The highest BCUT2D eigenvalue weighted by Crippen LogP contribution is 2.38. The SMILES string of the molecule is CC(O)Cc1ccc(NC(=O)N(c2ccc(-c3nc(N4CCOCC4C)nc(N4C5CCC4COC5)n3)cc2)N(C(=O)Nc2ccc(CC(C)(C)O)cc2)c2ccc(-c3nc(N4CCOCC4C)nc(N4C5CCC4COC5)n3)cc2)cc1. The van der Waals surface area contributed by atoms with Crippen molar-refractivity contribution in [1.29, 1.82) is 0 Å². The number of hydrogen-bond donors (Lipinski definition) is 4. The average molecular weight is 1130 g/mol. The van der Waals surface area contributed by atoms with Crippen LogP contribution in [-0.4, -0.2) is 166 Å². The van der Waals surface area contributed by atoms with Gasteiger partial charge in [0, 0.05) is 42.0 Å². The topological polar surface area (TPSA) is 232 Å². The van der Waals surface area contributed by atoms with Crippen LogP contribution in [0.2, 0.25) is 0 Å². The number of benzene rings is 4. The zero-order valence-corrected chi connectivity index (χ0v) is 47.8. The first kappa shape index (κ1) is 55.9. The highest BCUT2D eigenvalue weighted by Gasteiger charge is 2.42. The van der Waals surface area contributed by atoms with Gasteiger partial charge in [-0.05, 0) is 151 Å². The third kappa shape index (κ3) is 12.4. The summed E-state index contributed by atoms with van der Waals surface area (Å²) in [6.07, 6.45) is 4.22. The Morgan fingerprint density at radius 2 is 0.940 bits per heavy atom. The van der Waals surface area contributed by atoms with Crippen LogP contribution in [0.3, 0.4) is 0 Å². The number of nitrogens with zero attached hydrogens (tertiary/aromatic N) is 12. The molecule has 6 aromatic rings. The fraction of sp³-hybridized carbons (Fsp3) is 0.475. The summed E-state index contributed by atoms with van der Waals surface area (Å²) in [5.74, 6) is 3.23. The smallest absolute Gasteiger partial charge is 0.345 e. The first-order valence-corrected chi connectivity index (χ1v) is 29.1. The van der Waals surface area contributed by atoms with Crippen LogP contribution in [0.15, 0.2) is 97.1 Å². The van der Waals surface area contributed by atoms with E-state index in [-0.39, 0.29) is 36.3 Å². The number of aliphatic hydroxyl groups excluding tert-OH is 1. The number of anilines is 8. The van der Waals surface area contributed by atoms with E-state index in [1.165, 1.54) is 10.0 Å². The highest BCUT2D eigenvalue weighted by atomic mass is 16.5. The molecule has 0 aliphatic carbocycles. The molecule has 4 aromatic carbocycles. The molecular formula is C61H74N14O8. The predicted octanol–water partition coefficient (Wildman–Crippen LogP) is 7.50. The zero-order chi connectivity index (χ0) is 57.4. The van der Waals surface area contributed by atoms with Crippen LogP contribution in [0, 0.1) is 0 Å². The van der Waals surface area contributed by atoms with E-state index in [2.05, 4.69) is 44.1 Å². The van der Waals surface area contributed by atoms with Gasteiger partial charge in [-0.3, -0.25) is 0 Å². The largest absolute Gasteiger partial charge is 0.393 e. The lowest BCUT2D eigenvalue weighted by Crippen LogP contribution is -2.53. The van der Waals surface area contributed by atoms with E-state index in [4.69, 9.17) is 48.9 Å². The number of urea groups is 2. The lowest BCUT2D eigenvalue weighted by molar-refractivity contribution is 0.0810. The van der Waals surface area contributed by atoms with Crippen molar-refractivity contribution >= 4 is 58.6 Å². The number of fused-ring (bicyclic) bond motifs is 4. The van der Waals surface area contributed by atoms with Crippen LogP contribution in [-0.2, 0) is 31.8 Å². The normalized spacial score (nSPS) is 22.8. The number of hydrogen-bond acceptors (Lipinski definition) is 18. The molecule has 12 rings (SSSR count). The summed E-state index contributed by atoms with van der Waals surface area (Å²) in [4.78, 5) is 70.3. The summed E-state index contributed by atoms with van der Waals surface area (Å²) < 4.78 is 23.6. The van der Waals surface area contributed by atoms with Crippen LogP contribution < -0.4 is 40.3 Å². The number of aromatic nitrogens is 6. The lowest BCUT2D eigenvalue weighted by atomic mass is 9.99. The summed E-state index contributed by atoms with van der Waals surface area (Å²) in [7, 11) is 0. The number of rotatable bonds is 14. The quantitative estimate of drug-likeness (QED) is 0.0773. The second-order valence-corrected chi connectivity index (χ2v) is 23.4. The molecule has 22 heteroatoms. The van der Waals surface area contributed by atoms with Crippen molar-refractivity contribution in [2.75, 3.05) is 106 Å². The lowest BCUT2D eigenvalue weighted by Gasteiger charge is -2.37. The minimum atomic E-state index is -0.944. The fourth-order valence-corrected chi connectivity index (χ4v) is 12.2. The van der Waals surface area contributed by atoms with E-state index in [0.29, 0.717) is 148 Å². The van der Waals surface area contributed by atoms with Crippen molar-refractivity contribution < 1.29 is 38.7 Å². The van der Waals surface area contributed by atoms with Gasteiger partial charge in [-0.25, -0.2) is 9.59 Å². The first-order chi connectivity index (χ1) is 40.2. The molecule has 6 aliphatic rings. The molecule has 4 bridgehead atoms. The zero-order valence-electron chi connectivity index (χ0n) is 47.8. The third-order valence-corrected chi connectivity index (χ3v) is 16.3. The molecule has 7 atom stereocenters. The van der Waals surface area contributed by atoms with Gasteiger partial charge >= 0.3 is 12.1 Å². The Kier molecular flexibility index (Phi) is 16.1. The van der Waals surface area contributed by atoms with Crippen molar-refractivity contribution in [3.63, 3.8) is 0 Å². The van der Waals surface area contributed by atoms with Crippen LogP contribution >= 0.6 is 0 Å². The number of carbonyl (C=O) groups is 2. The summed E-state index contributed by atoms with van der Waals surface area (Å²) in [6, 6.07) is 28.4. The number of amides is 4. The molecule has 6 fully saturated rings. The van der Waals surface area contributed by atoms with E-state index in [1.807, 2.05) is 48.5 Å². The van der Waals surface area contributed by atoms with Crippen LogP contribution in [0.25, 0.3) is 22.8 Å². The molecule has 0 saturated carbocycles.